The van der Waals surface area contributed by atoms with Crippen molar-refractivity contribution in [1.82, 2.24) is 10.6 Å². The molecule has 0 atom stereocenters. The largest absolute Gasteiger partial charge is 0.497 e. The third kappa shape index (κ3) is 6.24. The van der Waals surface area contributed by atoms with Crippen molar-refractivity contribution >= 4 is 40.7 Å². The fraction of sp³-hybridized carbons (Fsp3) is 0.476. The standard InChI is InChI=1S/C21H29N3O2.HI/c1-3-22-21(24-18-7-9-19(25)10-8-18)23-14-15-4-5-17-13-20(26-2)11-6-16(17)12-15;/h4-6,11-13,18-19,25H,3,7-10,14H2,1-2H3,(H2,22,23,24);1H. The fourth-order valence-corrected chi connectivity index (χ4v) is 3.40. The van der Waals surface area contributed by atoms with Gasteiger partial charge in [-0.25, -0.2) is 4.99 Å². The van der Waals surface area contributed by atoms with Crippen LogP contribution in [0.25, 0.3) is 10.8 Å². The van der Waals surface area contributed by atoms with Crippen molar-refractivity contribution in [2.45, 2.75) is 51.3 Å². The van der Waals surface area contributed by atoms with E-state index in [4.69, 9.17) is 9.73 Å². The van der Waals surface area contributed by atoms with Gasteiger partial charge < -0.3 is 20.5 Å². The number of aliphatic imine (C=N–C) groups is 1. The maximum Gasteiger partial charge on any atom is 0.191 e. The van der Waals surface area contributed by atoms with E-state index in [1.165, 1.54) is 16.3 Å². The van der Waals surface area contributed by atoms with Gasteiger partial charge in [-0.3, -0.25) is 0 Å². The number of nitrogens with zero attached hydrogens (tertiary/aromatic N) is 1. The van der Waals surface area contributed by atoms with Gasteiger partial charge in [0, 0.05) is 12.6 Å². The molecule has 0 radical (unpaired) electrons. The minimum atomic E-state index is -0.135. The van der Waals surface area contributed by atoms with Gasteiger partial charge in [-0.1, -0.05) is 18.2 Å². The Morgan fingerprint density at radius 1 is 1.11 bits per heavy atom. The number of rotatable bonds is 5. The van der Waals surface area contributed by atoms with Gasteiger partial charge in [0.1, 0.15) is 5.75 Å². The second-order valence-corrected chi connectivity index (χ2v) is 6.89. The first-order chi connectivity index (χ1) is 12.7. The molecular formula is C21H30IN3O2. The van der Waals surface area contributed by atoms with Crippen molar-refractivity contribution in [2.75, 3.05) is 13.7 Å². The molecule has 3 N–H and O–H groups in total. The van der Waals surface area contributed by atoms with E-state index in [0.717, 1.165) is 43.9 Å². The van der Waals surface area contributed by atoms with Gasteiger partial charge in [0.2, 0.25) is 0 Å². The molecule has 0 aliphatic heterocycles. The molecule has 5 nitrogen and oxygen atoms in total. The number of guanidine groups is 1. The van der Waals surface area contributed by atoms with Gasteiger partial charge >= 0.3 is 0 Å². The average molecular weight is 483 g/mol. The quantitative estimate of drug-likeness (QED) is 0.344. The first-order valence-corrected chi connectivity index (χ1v) is 9.47. The molecule has 0 bridgehead atoms. The molecule has 0 spiro atoms. The highest BCUT2D eigenvalue weighted by molar-refractivity contribution is 14.0. The maximum atomic E-state index is 9.65. The highest BCUT2D eigenvalue weighted by Crippen LogP contribution is 2.22. The Balaban J connectivity index is 0.00000261. The van der Waals surface area contributed by atoms with Gasteiger partial charge in [-0.05, 0) is 67.1 Å². The fourth-order valence-electron chi connectivity index (χ4n) is 3.40. The minimum absolute atomic E-state index is 0. The van der Waals surface area contributed by atoms with E-state index in [-0.39, 0.29) is 30.1 Å². The zero-order chi connectivity index (χ0) is 18.4. The van der Waals surface area contributed by atoms with Gasteiger partial charge in [0.05, 0.1) is 19.8 Å². The second kappa shape index (κ2) is 10.7. The molecule has 1 aliphatic carbocycles. The number of aliphatic hydroxyl groups is 1. The number of hydrogen-bond acceptors (Lipinski definition) is 3. The molecule has 6 heteroatoms. The molecular weight excluding hydrogens is 453 g/mol. The lowest BCUT2D eigenvalue weighted by molar-refractivity contribution is 0.120. The first kappa shape index (κ1) is 21.8. The van der Waals surface area contributed by atoms with E-state index in [0.29, 0.717) is 12.6 Å². The highest BCUT2D eigenvalue weighted by atomic mass is 127. The van der Waals surface area contributed by atoms with E-state index in [1.807, 2.05) is 12.1 Å². The molecule has 0 heterocycles. The van der Waals surface area contributed by atoms with Crippen molar-refractivity contribution in [3.05, 3.63) is 42.0 Å². The van der Waals surface area contributed by atoms with E-state index < -0.39 is 0 Å². The lowest BCUT2D eigenvalue weighted by Crippen LogP contribution is -2.45. The highest BCUT2D eigenvalue weighted by Gasteiger charge is 2.19. The maximum absolute atomic E-state index is 9.65. The number of ether oxygens (including phenoxy) is 1. The van der Waals surface area contributed by atoms with Gasteiger partial charge in [-0.15, -0.1) is 24.0 Å². The Morgan fingerprint density at radius 2 is 1.81 bits per heavy atom. The average Bonchev–Trinajstić information content (AvgIpc) is 2.67. The summed E-state index contributed by atoms with van der Waals surface area (Å²) in [4.78, 5) is 4.74. The number of nitrogens with one attached hydrogen (secondary N) is 2. The number of methoxy groups -OCH3 is 1. The molecule has 2 aromatic rings. The minimum Gasteiger partial charge on any atom is -0.497 e. The second-order valence-electron chi connectivity index (χ2n) is 6.89. The first-order valence-electron chi connectivity index (χ1n) is 9.47. The topological polar surface area (TPSA) is 65.9 Å². The van der Waals surface area contributed by atoms with Gasteiger partial charge in [0.25, 0.3) is 0 Å². The van der Waals surface area contributed by atoms with Crippen LogP contribution in [0.15, 0.2) is 41.4 Å². The van der Waals surface area contributed by atoms with E-state index in [9.17, 15) is 5.11 Å². The Bertz CT molecular complexity index is 758. The Morgan fingerprint density at radius 3 is 2.52 bits per heavy atom. The Kier molecular flexibility index (Phi) is 8.63. The lowest BCUT2D eigenvalue weighted by Gasteiger charge is -2.27. The predicted molar refractivity (Wildman–Crippen MR) is 122 cm³/mol. The molecule has 1 saturated carbocycles. The van der Waals surface area contributed by atoms with Gasteiger partial charge in [-0.2, -0.15) is 0 Å². The van der Waals surface area contributed by atoms with Crippen LogP contribution in [0.5, 0.6) is 5.75 Å². The van der Waals surface area contributed by atoms with Crippen LogP contribution in [-0.2, 0) is 6.54 Å². The van der Waals surface area contributed by atoms with E-state index in [2.05, 4.69) is 41.8 Å². The number of fused-ring (bicyclic) bond motifs is 1. The summed E-state index contributed by atoms with van der Waals surface area (Å²) in [6, 6.07) is 12.9. The van der Waals surface area contributed by atoms with Crippen LogP contribution in [0.1, 0.15) is 38.2 Å². The Labute approximate surface area is 178 Å². The zero-order valence-electron chi connectivity index (χ0n) is 16.1. The number of halogens is 1. The normalized spacial score (nSPS) is 20.0. The van der Waals surface area contributed by atoms with Crippen LogP contribution in [0, 0.1) is 0 Å². The molecule has 0 saturated heterocycles. The van der Waals surface area contributed by atoms with Crippen LogP contribution in [0.3, 0.4) is 0 Å². The van der Waals surface area contributed by atoms with Crippen LogP contribution < -0.4 is 15.4 Å². The SMILES string of the molecule is CCNC(=NCc1ccc2cc(OC)ccc2c1)NC1CCC(O)CC1.I. The summed E-state index contributed by atoms with van der Waals surface area (Å²) in [5.41, 5.74) is 1.18. The Hall–Kier alpha value is -1.54. The molecule has 0 unspecified atom stereocenters. The summed E-state index contributed by atoms with van der Waals surface area (Å²) >= 11 is 0. The molecule has 1 aliphatic rings. The molecule has 27 heavy (non-hydrogen) atoms. The summed E-state index contributed by atoms with van der Waals surface area (Å²) < 4.78 is 5.28. The molecule has 3 rings (SSSR count). The molecule has 0 aromatic heterocycles. The summed E-state index contributed by atoms with van der Waals surface area (Å²) in [6.45, 7) is 3.54. The van der Waals surface area contributed by atoms with Crippen molar-refractivity contribution in [3.8, 4) is 5.75 Å². The third-order valence-electron chi connectivity index (χ3n) is 4.91. The van der Waals surface area contributed by atoms with E-state index in [1.54, 1.807) is 7.11 Å². The number of hydrogen-bond donors (Lipinski definition) is 3. The van der Waals surface area contributed by atoms with Crippen LogP contribution >= 0.6 is 24.0 Å². The number of aliphatic hydroxyl groups excluding tert-OH is 1. The van der Waals surface area contributed by atoms with Crippen molar-refractivity contribution in [2.24, 2.45) is 4.99 Å². The van der Waals surface area contributed by atoms with Crippen LogP contribution in [0.4, 0.5) is 0 Å². The van der Waals surface area contributed by atoms with Crippen molar-refractivity contribution < 1.29 is 9.84 Å². The monoisotopic (exact) mass is 483 g/mol. The summed E-state index contributed by atoms with van der Waals surface area (Å²) in [5, 5.41) is 18.9. The summed E-state index contributed by atoms with van der Waals surface area (Å²) in [7, 11) is 1.69. The number of benzene rings is 2. The van der Waals surface area contributed by atoms with Crippen LogP contribution in [-0.4, -0.2) is 36.9 Å². The summed E-state index contributed by atoms with van der Waals surface area (Å²) in [6.07, 6.45) is 3.58. The third-order valence-corrected chi connectivity index (χ3v) is 4.91. The van der Waals surface area contributed by atoms with Crippen molar-refractivity contribution in [1.29, 1.82) is 0 Å². The smallest absolute Gasteiger partial charge is 0.191 e. The van der Waals surface area contributed by atoms with Crippen LogP contribution in [0.2, 0.25) is 0 Å². The van der Waals surface area contributed by atoms with Crippen molar-refractivity contribution in [3.63, 3.8) is 0 Å². The molecule has 148 valence electrons. The molecule has 0 amide bonds. The zero-order valence-corrected chi connectivity index (χ0v) is 18.4. The van der Waals surface area contributed by atoms with Gasteiger partial charge in [0.15, 0.2) is 5.96 Å². The molecule has 1 fully saturated rings. The molecule has 2 aromatic carbocycles. The lowest BCUT2D eigenvalue weighted by atomic mass is 9.93. The predicted octanol–water partition coefficient (Wildman–Crippen LogP) is 3.83. The van der Waals surface area contributed by atoms with E-state index >= 15 is 0 Å². The summed E-state index contributed by atoms with van der Waals surface area (Å²) in [5.74, 6) is 1.73.